The number of aliphatic hydroxyl groups is 1. The van der Waals surface area contributed by atoms with Crippen molar-refractivity contribution in [1.29, 1.82) is 0 Å². The lowest BCUT2D eigenvalue weighted by molar-refractivity contribution is -0.274. The first-order valence-corrected chi connectivity index (χ1v) is 9.01. The summed E-state index contributed by atoms with van der Waals surface area (Å²) in [5.41, 5.74) is 5.61. The van der Waals surface area contributed by atoms with Gasteiger partial charge in [-0.15, -0.1) is 13.2 Å². The Bertz CT molecular complexity index is 693. The van der Waals surface area contributed by atoms with Crippen molar-refractivity contribution >= 4 is 11.8 Å². The first-order chi connectivity index (χ1) is 13.1. The van der Waals surface area contributed by atoms with E-state index in [0.717, 1.165) is 50.3 Å². The molecule has 7 nitrogen and oxygen atoms in total. The summed E-state index contributed by atoms with van der Waals surface area (Å²) in [7, 11) is 0. The maximum Gasteiger partial charge on any atom is 0.573 e. The summed E-state index contributed by atoms with van der Waals surface area (Å²) in [6, 6.07) is 3.23. The van der Waals surface area contributed by atoms with Crippen molar-refractivity contribution in [3.63, 3.8) is 0 Å². The number of ether oxygens (including phenoxy) is 1. The van der Waals surface area contributed by atoms with Crippen LogP contribution >= 0.6 is 0 Å². The molecule has 10 heteroatoms. The molecule has 5 N–H and O–H groups in total. The highest BCUT2D eigenvalue weighted by Gasteiger charge is 2.33. The lowest BCUT2D eigenvalue weighted by Crippen LogP contribution is -2.53. The summed E-state index contributed by atoms with van der Waals surface area (Å²) in [6.45, 7) is 0. The summed E-state index contributed by atoms with van der Waals surface area (Å²) in [5.74, 6) is 2.97. The fraction of sp³-hybridized carbons (Fsp3) is 0.556. The van der Waals surface area contributed by atoms with Crippen molar-refractivity contribution in [2.24, 2.45) is 17.5 Å². The molecule has 0 bridgehead atoms. The number of hydrazine groups is 1. The maximum absolute atomic E-state index is 12.3. The molecular formula is C18H24F3N3O4. The van der Waals surface area contributed by atoms with Crippen LogP contribution < -0.4 is 16.3 Å². The van der Waals surface area contributed by atoms with Crippen molar-refractivity contribution in [2.75, 3.05) is 0 Å². The summed E-state index contributed by atoms with van der Waals surface area (Å²) < 4.78 is 40.7. The molecule has 0 saturated heterocycles. The van der Waals surface area contributed by atoms with E-state index < -0.39 is 36.1 Å². The van der Waals surface area contributed by atoms with Gasteiger partial charge in [0.15, 0.2) is 0 Å². The molecule has 1 fully saturated rings. The van der Waals surface area contributed by atoms with Crippen LogP contribution in [0.15, 0.2) is 24.3 Å². The first-order valence-electron chi connectivity index (χ1n) is 9.01. The Labute approximate surface area is 160 Å². The summed E-state index contributed by atoms with van der Waals surface area (Å²) in [4.78, 5) is 24.6. The number of nitrogens with two attached hydrogens (primary N) is 2. The van der Waals surface area contributed by atoms with Crippen LogP contribution in [-0.2, 0) is 4.79 Å². The van der Waals surface area contributed by atoms with E-state index in [2.05, 4.69) is 4.74 Å². The van der Waals surface area contributed by atoms with Gasteiger partial charge in [0.25, 0.3) is 11.8 Å². The van der Waals surface area contributed by atoms with E-state index in [1.807, 2.05) is 0 Å². The fourth-order valence-corrected chi connectivity index (χ4v) is 3.33. The minimum Gasteiger partial charge on any atom is -0.406 e. The quantitative estimate of drug-likeness (QED) is 0.380. The van der Waals surface area contributed by atoms with E-state index in [1.54, 1.807) is 0 Å². The van der Waals surface area contributed by atoms with E-state index in [-0.39, 0.29) is 10.6 Å². The summed E-state index contributed by atoms with van der Waals surface area (Å²) in [5, 5.41) is 10.3. The van der Waals surface area contributed by atoms with Crippen LogP contribution in [0.4, 0.5) is 13.2 Å². The van der Waals surface area contributed by atoms with Gasteiger partial charge in [-0.3, -0.25) is 9.59 Å². The number of rotatable bonds is 6. The molecule has 2 atom stereocenters. The number of hydrogen-bond donors (Lipinski definition) is 3. The van der Waals surface area contributed by atoms with E-state index in [1.165, 1.54) is 6.07 Å². The zero-order valence-electron chi connectivity index (χ0n) is 15.2. The van der Waals surface area contributed by atoms with Gasteiger partial charge in [0, 0.05) is 11.6 Å². The average molecular weight is 403 g/mol. The molecule has 1 unspecified atom stereocenters. The molecular weight excluding hydrogens is 379 g/mol. The molecule has 2 rings (SSSR count). The molecule has 0 spiro atoms. The minimum atomic E-state index is -4.93. The number of alkyl halides is 3. The molecule has 1 aromatic carbocycles. The van der Waals surface area contributed by atoms with Crippen LogP contribution in [0.2, 0.25) is 0 Å². The van der Waals surface area contributed by atoms with E-state index in [4.69, 9.17) is 11.6 Å². The Balaban J connectivity index is 2.01. The van der Waals surface area contributed by atoms with Crippen LogP contribution in [-0.4, -0.2) is 40.4 Å². The summed E-state index contributed by atoms with van der Waals surface area (Å²) in [6.07, 6.45) is -0.983. The number of carbonyl (C=O) groups excluding carboxylic acids is 2. The Morgan fingerprint density at radius 2 is 1.89 bits per heavy atom. The number of carbonyl (C=O) groups is 2. The third-order valence-corrected chi connectivity index (χ3v) is 4.76. The van der Waals surface area contributed by atoms with Gasteiger partial charge in [-0.25, -0.2) is 10.9 Å². The van der Waals surface area contributed by atoms with Gasteiger partial charge in [-0.05, 0) is 30.5 Å². The number of nitrogens with zero attached hydrogens (tertiary/aromatic N) is 1. The molecule has 1 aliphatic carbocycles. The standard InChI is InChI=1S/C18H24F3N3O4/c19-18(20,21)28-13-8-4-7-12(10-13)16(26)24(23)17(27)15(25)14(22)9-11-5-2-1-3-6-11/h4,7-8,10-11,14-15,25H,1-3,5-6,9,22-23H2/t14-,15?/m1/s1. The molecule has 1 aliphatic rings. The van der Waals surface area contributed by atoms with Gasteiger partial charge in [0.05, 0.1) is 0 Å². The number of hydrogen-bond acceptors (Lipinski definition) is 6. The van der Waals surface area contributed by atoms with Crippen molar-refractivity contribution in [2.45, 2.75) is 57.0 Å². The van der Waals surface area contributed by atoms with Gasteiger partial charge in [-0.1, -0.05) is 38.2 Å². The predicted octanol–water partition coefficient (Wildman–Crippen LogP) is 2.09. The Morgan fingerprint density at radius 1 is 1.25 bits per heavy atom. The van der Waals surface area contributed by atoms with Crippen molar-refractivity contribution < 1.29 is 32.6 Å². The van der Waals surface area contributed by atoms with Gasteiger partial charge in [0.1, 0.15) is 11.9 Å². The molecule has 1 aromatic rings. The van der Waals surface area contributed by atoms with Crippen molar-refractivity contribution in [1.82, 2.24) is 5.01 Å². The molecule has 28 heavy (non-hydrogen) atoms. The van der Waals surface area contributed by atoms with Gasteiger partial charge in [-0.2, -0.15) is 0 Å². The zero-order valence-corrected chi connectivity index (χ0v) is 15.2. The third-order valence-electron chi connectivity index (χ3n) is 4.76. The van der Waals surface area contributed by atoms with Crippen LogP contribution in [0.25, 0.3) is 0 Å². The van der Waals surface area contributed by atoms with E-state index >= 15 is 0 Å². The second kappa shape index (κ2) is 9.35. The fourth-order valence-electron chi connectivity index (χ4n) is 3.33. The van der Waals surface area contributed by atoms with Crippen molar-refractivity contribution in [3.05, 3.63) is 29.8 Å². The number of amides is 2. The molecule has 0 radical (unpaired) electrons. The molecule has 0 aromatic heterocycles. The number of halogens is 3. The SMILES string of the molecule is N[C@H](CC1CCCCC1)C(O)C(=O)N(N)C(=O)c1cccc(OC(F)(F)F)c1. The lowest BCUT2D eigenvalue weighted by atomic mass is 9.84. The van der Waals surface area contributed by atoms with Crippen LogP contribution in [0.5, 0.6) is 5.75 Å². The highest BCUT2D eigenvalue weighted by atomic mass is 19.4. The topological polar surface area (TPSA) is 119 Å². The van der Waals surface area contributed by atoms with Crippen LogP contribution in [0.1, 0.15) is 48.9 Å². The van der Waals surface area contributed by atoms with Crippen LogP contribution in [0.3, 0.4) is 0 Å². The number of benzene rings is 1. The number of aliphatic hydroxyl groups excluding tert-OH is 1. The monoisotopic (exact) mass is 403 g/mol. The molecule has 1 saturated carbocycles. The summed E-state index contributed by atoms with van der Waals surface area (Å²) >= 11 is 0. The predicted molar refractivity (Wildman–Crippen MR) is 93.7 cm³/mol. The van der Waals surface area contributed by atoms with Gasteiger partial charge >= 0.3 is 6.36 Å². The molecule has 156 valence electrons. The Hall–Kier alpha value is -2.17. The van der Waals surface area contributed by atoms with Crippen LogP contribution in [0, 0.1) is 5.92 Å². The van der Waals surface area contributed by atoms with E-state index in [0.29, 0.717) is 12.3 Å². The largest absolute Gasteiger partial charge is 0.573 e. The lowest BCUT2D eigenvalue weighted by Gasteiger charge is -2.28. The van der Waals surface area contributed by atoms with Gasteiger partial charge in [0.2, 0.25) is 0 Å². The Morgan fingerprint density at radius 3 is 2.50 bits per heavy atom. The van der Waals surface area contributed by atoms with Crippen molar-refractivity contribution in [3.8, 4) is 5.75 Å². The highest BCUT2D eigenvalue weighted by molar-refractivity contribution is 6.05. The van der Waals surface area contributed by atoms with E-state index in [9.17, 15) is 27.9 Å². The first kappa shape index (κ1) is 22.1. The molecule has 2 amide bonds. The second-order valence-corrected chi connectivity index (χ2v) is 6.94. The second-order valence-electron chi connectivity index (χ2n) is 6.94. The normalized spacial score (nSPS) is 17.6. The minimum absolute atomic E-state index is 0.165. The third kappa shape index (κ3) is 6.18. The highest BCUT2D eigenvalue weighted by Crippen LogP contribution is 2.28. The molecule has 0 aliphatic heterocycles. The average Bonchev–Trinajstić information content (AvgIpc) is 2.65. The smallest absolute Gasteiger partial charge is 0.406 e. The maximum atomic E-state index is 12.3. The Kier molecular flexibility index (Phi) is 7.39. The molecule has 0 heterocycles. The van der Waals surface area contributed by atoms with Gasteiger partial charge < -0.3 is 15.6 Å². The number of imide groups is 1. The zero-order chi connectivity index (χ0) is 20.9.